The average molecular weight is 359 g/mol. The first-order valence-electron chi connectivity index (χ1n) is 7.60. The van der Waals surface area contributed by atoms with Crippen LogP contribution < -0.4 is 10.6 Å². The standard InChI is InChI=1S/C16H24Cl2N4O/c1-4-19-16(21-11-15(23)22(2)3)20-9-5-6-12-7-8-13(17)10-14(12)18/h7-8,10H,4-6,9,11H2,1-3H3,(H2,19,20,21). The van der Waals surface area contributed by atoms with Gasteiger partial charge in [-0.25, -0.2) is 4.99 Å². The van der Waals surface area contributed by atoms with Gasteiger partial charge in [-0.2, -0.15) is 0 Å². The molecule has 0 aromatic heterocycles. The van der Waals surface area contributed by atoms with Crippen molar-refractivity contribution >= 4 is 35.1 Å². The molecule has 0 fully saturated rings. The molecule has 0 saturated heterocycles. The van der Waals surface area contributed by atoms with Gasteiger partial charge in [0.2, 0.25) is 5.91 Å². The fourth-order valence-corrected chi connectivity index (χ4v) is 2.34. The van der Waals surface area contributed by atoms with Crippen LogP contribution >= 0.6 is 23.2 Å². The molecule has 0 unspecified atom stereocenters. The van der Waals surface area contributed by atoms with Crippen LogP contribution in [0.2, 0.25) is 10.0 Å². The molecule has 0 spiro atoms. The molecule has 1 aromatic rings. The first-order valence-corrected chi connectivity index (χ1v) is 8.36. The van der Waals surface area contributed by atoms with Crippen LogP contribution in [0.15, 0.2) is 23.2 Å². The smallest absolute Gasteiger partial charge is 0.243 e. The second-order valence-corrected chi connectivity index (χ2v) is 6.09. The lowest BCUT2D eigenvalue weighted by atomic mass is 10.1. The van der Waals surface area contributed by atoms with E-state index in [9.17, 15) is 4.79 Å². The van der Waals surface area contributed by atoms with Crippen LogP contribution in [0.3, 0.4) is 0 Å². The topological polar surface area (TPSA) is 56.7 Å². The molecule has 0 aliphatic heterocycles. The third-order valence-corrected chi connectivity index (χ3v) is 3.73. The van der Waals surface area contributed by atoms with Gasteiger partial charge >= 0.3 is 0 Å². The minimum Gasteiger partial charge on any atom is -0.357 e. The molecule has 0 radical (unpaired) electrons. The van der Waals surface area contributed by atoms with E-state index in [0.29, 0.717) is 16.0 Å². The maximum Gasteiger partial charge on any atom is 0.243 e. The second-order valence-electron chi connectivity index (χ2n) is 5.25. The summed E-state index contributed by atoms with van der Waals surface area (Å²) in [6.45, 7) is 3.59. The van der Waals surface area contributed by atoms with E-state index < -0.39 is 0 Å². The van der Waals surface area contributed by atoms with Gasteiger partial charge in [0, 0.05) is 37.2 Å². The molecule has 2 N–H and O–H groups in total. The molecule has 0 saturated carbocycles. The quantitative estimate of drug-likeness (QED) is 0.447. The third kappa shape index (κ3) is 7.57. The molecule has 0 bridgehead atoms. The van der Waals surface area contributed by atoms with Crippen LogP contribution in [0.5, 0.6) is 0 Å². The highest BCUT2D eigenvalue weighted by Crippen LogP contribution is 2.21. The number of amides is 1. The molecule has 128 valence electrons. The number of halogens is 2. The fraction of sp³-hybridized carbons (Fsp3) is 0.500. The van der Waals surface area contributed by atoms with Crippen molar-refractivity contribution in [2.45, 2.75) is 19.8 Å². The number of aryl methyl sites for hydroxylation is 1. The van der Waals surface area contributed by atoms with Crippen molar-refractivity contribution in [3.05, 3.63) is 33.8 Å². The van der Waals surface area contributed by atoms with Gasteiger partial charge in [-0.05, 0) is 37.5 Å². The normalized spacial score (nSPS) is 11.3. The Bertz CT molecular complexity index is 547. The van der Waals surface area contributed by atoms with Gasteiger partial charge in [-0.3, -0.25) is 4.79 Å². The highest BCUT2D eigenvalue weighted by molar-refractivity contribution is 6.35. The highest BCUT2D eigenvalue weighted by atomic mass is 35.5. The number of likely N-dealkylation sites (N-methyl/N-ethyl adjacent to an activating group) is 1. The Morgan fingerprint density at radius 1 is 1.26 bits per heavy atom. The van der Waals surface area contributed by atoms with Crippen LogP contribution in [-0.4, -0.2) is 50.5 Å². The minimum atomic E-state index is -0.0323. The second kappa shape index (κ2) is 10.3. The van der Waals surface area contributed by atoms with Crippen molar-refractivity contribution in [3.8, 4) is 0 Å². The summed E-state index contributed by atoms with van der Waals surface area (Å²) in [6.07, 6.45) is 1.74. The van der Waals surface area contributed by atoms with Crippen LogP contribution in [0.25, 0.3) is 0 Å². The van der Waals surface area contributed by atoms with Gasteiger partial charge in [-0.15, -0.1) is 0 Å². The lowest BCUT2D eigenvalue weighted by Crippen LogP contribution is -2.39. The summed E-state index contributed by atoms with van der Waals surface area (Å²) in [5.74, 6) is 0.611. The lowest BCUT2D eigenvalue weighted by molar-refractivity contribution is -0.127. The number of carbonyl (C=O) groups excluding carboxylic acids is 1. The first-order chi connectivity index (χ1) is 10.9. The zero-order valence-corrected chi connectivity index (χ0v) is 15.3. The van der Waals surface area contributed by atoms with Gasteiger partial charge in [0.25, 0.3) is 0 Å². The number of hydrogen-bond acceptors (Lipinski definition) is 2. The summed E-state index contributed by atoms with van der Waals surface area (Å²) in [7, 11) is 3.43. The fourth-order valence-electron chi connectivity index (χ4n) is 1.84. The number of rotatable bonds is 7. The number of aliphatic imine (C=N–C) groups is 1. The predicted octanol–water partition coefficient (Wildman–Crippen LogP) is 2.57. The van der Waals surface area contributed by atoms with Crippen molar-refractivity contribution < 1.29 is 4.79 Å². The molecule has 1 amide bonds. The number of nitrogens with zero attached hydrogens (tertiary/aromatic N) is 2. The largest absolute Gasteiger partial charge is 0.357 e. The molecule has 0 atom stereocenters. The SMILES string of the molecule is CCNC(=NCC(=O)N(C)C)NCCCc1ccc(Cl)cc1Cl. The number of nitrogens with one attached hydrogen (secondary N) is 2. The summed E-state index contributed by atoms with van der Waals surface area (Å²) in [5, 5.41) is 7.67. The van der Waals surface area contributed by atoms with E-state index in [-0.39, 0.29) is 12.5 Å². The monoisotopic (exact) mass is 358 g/mol. The third-order valence-electron chi connectivity index (χ3n) is 3.15. The van der Waals surface area contributed by atoms with E-state index in [1.54, 1.807) is 20.2 Å². The van der Waals surface area contributed by atoms with Gasteiger partial charge in [0.05, 0.1) is 0 Å². The first kappa shape index (κ1) is 19.6. The van der Waals surface area contributed by atoms with Crippen LogP contribution in [0, 0.1) is 0 Å². The van der Waals surface area contributed by atoms with Crippen LogP contribution in [0.1, 0.15) is 18.9 Å². The summed E-state index contributed by atoms with van der Waals surface area (Å²) in [5.41, 5.74) is 1.07. The molecular weight excluding hydrogens is 335 g/mol. The molecule has 1 aromatic carbocycles. The summed E-state index contributed by atoms with van der Waals surface area (Å²) in [4.78, 5) is 17.4. The van der Waals surface area contributed by atoms with Crippen molar-refractivity contribution in [2.24, 2.45) is 4.99 Å². The summed E-state index contributed by atoms with van der Waals surface area (Å²) in [6, 6.07) is 5.54. The molecule has 0 heterocycles. The number of hydrogen-bond donors (Lipinski definition) is 2. The van der Waals surface area contributed by atoms with Gasteiger partial charge in [0.15, 0.2) is 5.96 Å². The Balaban J connectivity index is 2.43. The van der Waals surface area contributed by atoms with Crippen molar-refractivity contribution in [1.29, 1.82) is 0 Å². The number of guanidine groups is 1. The Kier molecular flexibility index (Phi) is 8.81. The Hall–Kier alpha value is -1.46. The van der Waals surface area contributed by atoms with E-state index in [1.165, 1.54) is 4.90 Å². The molecule has 5 nitrogen and oxygen atoms in total. The maximum absolute atomic E-state index is 11.6. The van der Waals surface area contributed by atoms with E-state index in [2.05, 4.69) is 15.6 Å². The molecule has 7 heteroatoms. The van der Waals surface area contributed by atoms with Crippen molar-refractivity contribution in [1.82, 2.24) is 15.5 Å². The number of carbonyl (C=O) groups is 1. The van der Waals surface area contributed by atoms with E-state index in [0.717, 1.165) is 31.5 Å². The highest BCUT2D eigenvalue weighted by Gasteiger charge is 2.04. The Labute approximate surface area is 148 Å². The molecule has 23 heavy (non-hydrogen) atoms. The van der Waals surface area contributed by atoms with Crippen LogP contribution in [-0.2, 0) is 11.2 Å². The van der Waals surface area contributed by atoms with E-state index in [1.807, 2.05) is 19.1 Å². The molecule has 0 aliphatic rings. The summed E-state index contributed by atoms with van der Waals surface area (Å²) < 4.78 is 0. The summed E-state index contributed by atoms with van der Waals surface area (Å²) >= 11 is 12.0. The van der Waals surface area contributed by atoms with E-state index >= 15 is 0 Å². The predicted molar refractivity (Wildman–Crippen MR) is 97.5 cm³/mol. The van der Waals surface area contributed by atoms with Crippen molar-refractivity contribution in [2.75, 3.05) is 33.7 Å². The minimum absolute atomic E-state index is 0.0323. The molecule has 0 aliphatic carbocycles. The maximum atomic E-state index is 11.6. The lowest BCUT2D eigenvalue weighted by Gasteiger charge is -2.13. The Morgan fingerprint density at radius 3 is 2.61 bits per heavy atom. The molecule has 1 rings (SSSR count). The average Bonchev–Trinajstić information content (AvgIpc) is 2.50. The zero-order chi connectivity index (χ0) is 17.2. The van der Waals surface area contributed by atoms with Crippen LogP contribution in [0.4, 0.5) is 0 Å². The Morgan fingerprint density at radius 2 is 2.00 bits per heavy atom. The van der Waals surface area contributed by atoms with Gasteiger partial charge in [0.1, 0.15) is 6.54 Å². The van der Waals surface area contributed by atoms with E-state index in [4.69, 9.17) is 23.2 Å². The van der Waals surface area contributed by atoms with Crippen molar-refractivity contribution in [3.63, 3.8) is 0 Å². The zero-order valence-electron chi connectivity index (χ0n) is 13.8. The molecular formula is C16H24Cl2N4O. The van der Waals surface area contributed by atoms with Gasteiger partial charge < -0.3 is 15.5 Å². The number of benzene rings is 1. The van der Waals surface area contributed by atoms with Gasteiger partial charge in [-0.1, -0.05) is 29.3 Å².